The number of nitrogens with zero attached hydrogens (tertiary/aromatic N) is 3. The van der Waals surface area contributed by atoms with E-state index in [9.17, 15) is 4.79 Å². The summed E-state index contributed by atoms with van der Waals surface area (Å²) in [5.74, 6) is 2.13. The summed E-state index contributed by atoms with van der Waals surface area (Å²) in [6.45, 7) is 6.33. The summed E-state index contributed by atoms with van der Waals surface area (Å²) >= 11 is 0. The SMILES string of the molecule is CCOc1ccccc1C1C(C(=O)Nc2ccccc2OC)=C(C)Nc2nc(-c3ccccc3C)nn21. The molecule has 0 radical (unpaired) electrons. The van der Waals surface area contributed by atoms with Crippen LogP contribution in [-0.4, -0.2) is 34.4 Å². The Kier molecular flexibility index (Phi) is 6.64. The van der Waals surface area contributed by atoms with Gasteiger partial charge in [-0.1, -0.05) is 54.6 Å². The summed E-state index contributed by atoms with van der Waals surface area (Å²) in [5.41, 5.74) is 4.58. The molecule has 2 heterocycles. The summed E-state index contributed by atoms with van der Waals surface area (Å²) < 4.78 is 13.2. The van der Waals surface area contributed by atoms with Gasteiger partial charge < -0.3 is 20.1 Å². The van der Waals surface area contributed by atoms with Gasteiger partial charge >= 0.3 is 0 Å². The molecule has 0 aliphatic carbocycles. The highest BCUT2D eigenvalue weighted by Crippen LogP contribution is 2.40. The van der Waals surface area contributed by atoms with E-state index in [4.69, 9.17) is 19.6 Å². The van der Waals surface area contributed by atoms with Crippen LogP contribution in [0.2, 0.25) is 0 Å². The molecule has 3 aromatic carbocycles. The van der Waals surface area contributed by atoms with Gasteiger partial charge in [-0.05, 0) is 44.5 Å². The summed E-state index contributed by atoms with van der Waals surface area (Å²) in [5, 5.41) is 11.2. The third-order valence-electron chi connectivity index (χ3n) is 6.35. The van der Waals surface area contributed by atoms with E-state index in [0.717, 1.165) is 16.7 Å². The number of anilines is 2. The number of carbonyl (C=O) groups is 1. The Morgan fingerprint density at radius 2 is 1.70 bits per heavy atom. The Morgan fingerprint density at radius 3 is 2.46 bits per heavy atom. The number of para-hydroxylation sites is 3. The second kappa shape index (κ2) is 10.2. The Balaban J connectivity index is 1.65. The maximum Gasteiger partial charge on any atom is 0.255 e. The van der Waals surface area contributed by atoms with Crippen molar-refractivity contribution < 1.29 is 14.3 Å². The van der Waals surface area contributed by atoms with Crippen LogP contribution in [0.5, 0.6) is 11.5 Å². The van der Waals surface area contributed by atoms with Crippen molar-refractivity contribution in [3.8, 4) is 22.9 Å². The molecule has 8 heteroatoms. The number of nitrogens with one attached hydrogen (secondary N) is 2. The van der Waals surface area contributed by atoms with E-state index in [1.54, 1.807) is 11.8 Å². The molecule has 1 atom stereocenters. The topological polar surface area (TPSA) is 90.3 Å². The molecule has 0 bridgehead atoms. The molecule has 37 heavy (non-hydrogen) atoms. The van der Waals surface area contributed by atoms with Gasteiger partial charge in [0.1, 0.15) is 17.5 Å². The Morgan fingerprint density at radius 1 is 1.00 bits per heavy atom. The number of amides is 1. The number of hydrogen-bond donors (Lipinski definition) is 2. The summed E-state index contributed by atoms with van der Waals surface area (Å²) in [7, 11) is 1.58. The van der Waals surface area contributed by atoms with Gasteiger partial charge in [0.25, 0.3) is 5.91 Å². The number of aromatic nitrogens is 3. The van der Waals surface area contributed by atoms with Gasteiger partial charge in [0, 0.05) is 16.8 Å². The summed E-state index contributed by atoms with van der Waals surface area (Å²) in [4.78, 5) is 18.7. The lowest BCUT2D eigenvalue weighted by atomic mass is 9.94. The van der Waals surface area contributed by atoms with Crippen LogP contribution in [0.1, 0.15) is 31.0 Å². The molecule has 1 aliphatic rings. The van der Waals surface area contributed by atoms with Crippen molar-refractivity contribution in [1.29, 1.82) is 0 Å². The fourth-order valence-corrected chi connectivity index (χ4v) is 4.60. The number of aryl methyl sites for hydroxylation is 1. The van der Waals surface area contributed by atoms with Crippen molar-refractivity contribution in [2.24, 2.45) is 0 Å². The number of benzene rings is 3. The number of methoxy groups -OCH3 is 1. The average Bonchev–Trinajstić information content (AvgIpc) is 3.32. The van der Waals surface area contributed by atoms with Gasteiger partial charge in [-0.2, -0.15) is 4.98 Å². The molecular formula is C29H29N5O3. The maximum absolute atomic E-state index is 13.9. The first kappa shape index (κ1) is 24.1. The second-order valence-corrected chi connectivity index (χ2v) is 8.71. The molecule has 2 N–H and O–H groups in total. The number of hydrogen-bond acceptors (Lipinski definition) is 6. The van der Waals surface area contributed by atoms with Crippen LogP contribution in [0.15, 0.2) is 84.1 Å². The van der Waals surface area contributed by atoms with Gasteiger partial charge in [-0.15, -0.1) is 5.10 Å². The largest absolute Gasteiger partial charge is 0.495 e. The van der Waals surface area contributed by atoms with Gasteiger partial charge in [-0.25, -0.2) is 4.68 Å². The molecule has 0 fully saturated rings. The van der Waals surface area contributed by atoms with Crippen molar-refractivity contribution in [3.63, 3.8) is 0 Å². The van der Waals surface area contributed by atoms with Crippen LogP contribution >= 0.6 is 0 Å². The molecule has 0 saturated carbocycles. The summed E-state index contributed by atoms with van der Waals surface area (Å²) in [6.07, 6.45) is 0. The van der Waals surface area contributed by atoms with Crippen molar-refractivity contribution in [2.75, 3.05) is 24.4 Å². The fraction of sp³-hybridized carbons (Fsp3) is 0.207. The maximum atomic E-state index is 13.9. The Labute approximate surface area is 216 Å². The van der Waals surface area contributed by atoms with E-state index < -0.39 is 6.04 Å². The molecule has 0 spiro atoms. The number of fused-ring (bicyclic) bond motifs is 1. The van der Waals surface area contributed by atoms with Crippen molar-refractivity contribution in [3.05, 3.63) is 95.2 Å². The van der Waals surface area contributed by atoms with E-state index in [2.05, 4.69) is 10.6 Å². The van der Waals surface area contributed by atoms with E-state index in [1.165, 1.54) is 0 Å². The molecule has 1 unspecified atom stereocenters. The molecular weight excluding hydrogens is 466 g/mol. The number of allylic oxidation sites excluding steroid dienone is 1. The molecule has 1 aromatic heterocycles. The van der Waals surface area contributed by atoms with Gasteiger partial charge in [-0.3, -0.25) is 4.79 Å². The standard InChI is InChI=1S/C29H29N5O3/c1-5-37-23-16-10-8-14-21(23)26-25(28(35)31-22-15-9-11-17-24(22)36-4)19(3)30-29-32-27(33-34(26)29)20-13-7-6-12-18(20)2/h6-17,26H,5H2,1-4H3,(H,31,35)(H,30,32,33). The molecule has 8 nitrogen and oxygen atoms in total. The van der Waals surface area contributed by atoms with Crippen molar-refractivity contribution >= 4 is 17.5 Å². The highest BCUT2D eigenvalue weighted by molar-refractivity contribution is 6.06. The molecule has 5 rings (SSSR count). The molecule has 188 valence electrons. The van der Waals surface area contributed by atoms with Crippen LogP contribution in [-0.2, 0) is 4.79 Å². The lowest BCUT2D eigenvalue weighted by molar-refractivity contribution is -0.113. The zero-order valence-corrected chi connectivity index (χ0v) is 21.3. The fourth-order valence-electron chi connectivity index (χ4n) is 4.60. The third kappa shape index (κ3) is 4.53. The lowest BCUT2D eigenvalue weighted by Crippen LogP contribution is -2.31. The number of ether oxygens (including phenoxy) is 2. The third-order valence-corrected chi connectivity index (χ3v) is 6.35. The summed E-state index contributed by atoms with van der Waals surface area (Å²) in [6, 6.07) is 22.5. The first-order valence-corrected chi connectivity index (χ1v) is 12.2. The van der Waals surface area contributed by atoms with Gasteiger partial charge in [0.05, 0.1) is 25.0 Å². The highest BCUT2D eigenvalue weighted by Gasteiger charge is 2.36. The van der Waals surface area contributed by atoms with E-state index in [1.807, 2.05) is 93.6 Å². The first-order chi connectivity index (χ1) is 18.0. The predicted octanol–water partition coefficient (Wildman–Crippen LogP) is 5.59. The van der Waals surface area contributed by atoms with Crippen LogP contribution in [0.4, 0.5) is 11.6 Å². The van der Waals surface area contributed by atoms with E-state index in [-0.39, 0.29) is 5.91 Å². The minimum absolute atomic E-state index is 0.274. The van der Waals surface area contributed by atoms with Crippen LogP contribution in [0, 0.1) is 6.92 Å². The zero-order chi connectivity index (χ0) is 25.9. The smallest absolute Gasteiger partial charge is 0.255 e. The predicted molar refractivity (Wildman–Crippen MR) is 144 cm³/mol. The van der Waals surface area contributed by atoms with E-state index in [0.29, 0.717) is 46.8 Å². The highest BCUT2D eigenvalue weighted by atomic mass is 16.5. The minimum Gasteiger partial charge on any atom is -0.495 e. The van der Waals surface area contributed by atoms with Crippen molar-refractivity contribution in [1.82, 2.24) is 14.8 Å². The second-order valence-electron chi connectivity index (χ2n) is 8.71. The average molecular weight is 496 g/mol. The molecule has 4 aromatic rings. The zero-order valence-electron chi connectivity index (χ0n) is 21.3. The minimum atomic E-state index is -0.570. The van der Waals surface area contributed by atoms with Gasteiger partial charge in [0.15, 0.2) is 5.82 Å². The lowest BCUT2D eigenvalue weighted by Gasteiger charge is -2.29. The number of carbonyl (C=O) groups excluding carboxylic acids is 1. The van der Waals surface area contributed by atoms with Crippen LogP contribution in [0.3, 0.4) is 0 Å². The Hall–Kier alpha value is -4.59. The monoisotopic (exact) mass is 495 g/mol. The number of rotatable bonds is 7. The molecule has 1 aliphatic heterocycles. The van der Waals surface area contributed by atoms with Crippen LogP contribution in [0.25, 0.3) is 11.4 Å². The van der Waals surface area contributed by atoms with Crippen LogP contribution < -0.4 is 20.1 Å². The normalized spacial score (nSPS) is 14.5. The van der Waals surface area contributed by atoms with Crippen molar-refractivity contribution in [2.45, 2.75) is 26.8 Å². The molecule has 0 saturated heterocycles. The molecule has 1 amide bonds. The Bertz CT molecular complexity index is 1490. The first-order valence-electron chi connectivity index (χ1n) is 12.2. The van der Waals surface area contributed by atoms with Gasteiger partial charge in [0.2, 0.25) is 5.95 Å². The quantitative estimate of drug-likeness (QED) is 0.347. The van der Waals surface area contributed by atoms with E-state index >= 15 is 0 Å².